The summed E-state index contributed by atoms with van der Waals surface area (Å²) < 4.78 is 0. The first-order valence-corrected chi connectivity index (χ1v) is 6.34. The van der Waals surface area contributed by atoms with Crippen molar-refractivity contribution in [2.75, 3.05) is 25.0 Å². The fourth-order valence-corrected chi connectivity index (χ4v) is 2.33. The normalized spacial score (nSPS) is 20.0. The van der Waals surface area contributed by atoms with Gasteiger partial charge in [-0.15, -0.1) is 0 Å². The fourth-order valence-electron chi connectivity index (χ4n) is 2.16. The van der Waals surface area contributed by atoms with E-state index in [0.717, 1.165) is 17.5 Å². The molecule has 0 bridgehead atoms. The second-order valence-corrected chi connectivity index (χ2v) is 4.97. The van der Waals surface area contributed by atoms with Crippen LogP contribution >= 0.6 is 11.6 Å². The average Bonchev–Trinajstić information content (AvgIpc) is 2.76. The Morgan fingerprint density at radius 3 is 3.12 bits per heavy atom. The maximum absolute atomic E-state index is 5.97. The topological polar surface area (TPSA) is 24.1 Å². The van der Waals surface area contributed by atoms with E-state index in [1.165, 1.54) is 37.2 Å². The smallest absolute Gasteiger partial charge is 0.0426 e. The Labute approximate surface area is 102 Å². The number of anilines is 1. The van der Waals surface area contributed by atoms with Gasteiger partial charge in [-0.2, -0.15) is 0 Å². The molecule has 1 saturated heterocycles. The summed E-state index contributed by atoms with van der Waals surface area (Å²) in [7, 11) is 0. The molecule has 2 nitrogen and oxygen atoms in total. The third kappa shape index (κ3) is 3.13. The van der Waals surface area contributed by atoms with Gasteiger partial charge in [-0.25, -0.2) is 0 Å². The summed E-state index contributed by atoms with van der Waals surface area (Å²) in [6.45, 7) is 5.50. The average molecular weight is 239 g/mol. The van der Waals surface area contributed by atoms with Crippen LogP contribution in [0.2, 0.25) is 5.02 Å². The van der Waals surface area contributed by atoms with E-state index in [1.807, 2.05) is 12.1 Å². The van der Waals surface area contributed by atoms with Crippen LogP contribution in [0.25, 0.3) is 0 Å². The summed E-state index contributed by atoms with van der Waals surface area (Å²) in [5, 5.41) is 7.66. The van der Waals surface area contributed by atoms with Crippen LogP contribution in [0.5, 0.6) is 0 Å². The number of halogens is 1. The summed E-state index contributed by atoms with van der Waals surface area (Å²) in [4.78, 5) is 0. The predicted octanol–water partition coefficient (Wildman–Crippen LogP) is 3.06. The van der Waals surface area contributed by atoms with Crippen molar-refractivity contribution in [1.82, 2.24) is 5.32 Å². The lowest BCUT2D eigenvalue weighted by molar-refractivity contribution is 0.549. The molecule has 2 rings (SSSR count). The zero-order valence-electron chi connectivity index (χ0n) is 9.72. The fraction of sp³-hybridized carbons (Fsp3) is 0.538. The van der Waals surface area contributed by atoms with E-state index in [1.54, 1.807) is 0 Å². The summed E-state index contributed by atoms with van der Waals surface area (Å²) in [5.74, 6) is 0.840. The van der Waals surface area contributed by atoms with Crippen molar-refractivity contribution < 1.29 is 0 Å². The van der Waals surface area contributed by atoms with E-state index in [9.17, 15) is 0 Å². The molecular formula is C13H19ClN2. The van der Waals surface area contributed by atoms with Gasteiger partial charge in [0.2, 0.25) is 0 Å². The van der Waals surface area contributed by atoms with Crippen LogP contribution < -0.4 is 10.6 Å². The van der Waals surface area contributed by atoms with Gasteiger partial charge in [0.25, 0.3) is 0 Å². The first kappa shape index (κ1) is 11.7. The van der Waals surface area contributed by atoms with Gasteiger partial charge in [0.05, 0.1) is 0 Å². The summed E-state index contributed by atoms with van der Waals surface area (Å²) in [6, 6.07) is 5.99. The Kier molecular flexibility index (Phi) is 4.08. The molecule has 1 unspecified atom stereocenters. The van der Waals surface area contributed by atoms with E-state index >= 15 is 0 Å². The molecule has 1 aromatic rings. The van der Waals surface area contributed by atoms with Crippen molar-refractivity contribution in [3.05, 3.63) is 28.8 Å². The molecule has 0 radical (unpaired) electrons. The molecule has 1 heterocycles. The van der Waals surface area contributed by atoms with Gasteiger partial charge >= 0.3 is 0 Å². The highest BCUT2D eigenvalue weighted by atomic mass is 35.5. The third-order valence-corrected chi connectivity index (χ3v) is 3.47. The summed E-state index contributed by atoms with van der Waals surface area (Å²) >= 11 is 5.97. The van der Waals surface area contributed by atoms with Crippen LogP contribution in [0.3, 0.4) is 0 Å². The second kappa shape index (κ2) is 5.55. The van der Waals surface area contributed by atoms with E-state index in [0.29, 0.717) is 0 Å². The Hall–Kier alpha value is -0.730. The molecule has 88 valence electrons. The molecule has 1 atom stereocenters. The molecule has 0 amide bonds. The Morgan fingerprint density at radius 1 is 1.50 bits per heavy atom. The molecule has 1 fully saturated rings. The van der Waals surface area contributed by atoms with Gasteiger partial charge in [-0.1, -0.05) is 17.7 Å². The second-order valence-electron chi connectivity index (χ2n) is 4.53. The molecular weight excluding hydrogens is 220 g/mol. The monoisotopic (exact) mass is 238 g/mol. The molecule has 0 saturated carbocycles. The largest absolute Gasteiger partial charge is 0.385 e. The molecule has 1 aliphatic heterocycles. The number of nitrogens with one attached hydrogen (secondary N) is 2. The summed E-state index contributed by atoms with van der Waals surface area (Å²) in [5.41, 5.74) is 2.42. The molecule has 0 aromatic heterocycles. The van der Waals surface area contributed by atoms with E-state index in [-0.39, 0.29) is 0 Å². The Bertz CT molecular complexity index is 346. The van der Waals surface area contributed by atoms with Gasteiger partial charge in [0.15, 0.2) is 0 Å². The zero-order valence-corrected chi connectivity index (χ0v) is 10.5. The molecule has 2 N–H and O–H groups in total. The van der Waals surface area contributed by atoms with Gasteiger partial charge in [-0.05, 0) is 56.5 Å². The standard InChI is InChI=1S/C13H19ClN2/c1-10-2-3-12(14)8-13(10)16-7-5-11-4-6-15-9-11/h2-3,8,11,15-16H,4-7,9H2,1H3. The lowest BCUT2D eigenvalue weighted by atomic mass is 10.1. The van der Waals surface area contributed by atoms with Crippen molar-refractivity contribution in [2.45, 2.75) is 19.8 Å². The first-order chi connectivity index (χ1) is 7.75. The molecule has 1 aromatic carbocycles. The number of rotatable bonds is 4. The van der Waals surface area contributed by atoms with Gasteiger partial charge < -0.3 is 10.6 Å². The SMILES string of the molecule is Cc1ccc(Cl)cc1NCCC1CCNC1. The highest BCUT2D eigenvalue weighted by molar-refractivity contribution is 6.30. The first-order valence-electron chi connectivity index (χ1n) is 5.96. The third-order valence-electron chi connectivity index (χ3n) is 3.23. The molecule has 16 heavy (non-hydrogen) atoms. The van der Waals surface area contributed by atoms with Gasteiger partial charge in [0, 0.05) is 17.3 Å². The van der Waals surface area contributed by atoms with Crippen molar-refractivity contribution in [3.63, 3.8) is 0 Å². The van der Waals surface area contributed by atoms with Crippen LogP contribution in [0.4, 0.5) is 5.69 Å². The maximum atomic E-state index is 5.97. The highest BCUT2D eigenvalue weighted by Gasteiger charge is 2.13. The minimum Gasteiger partial charge on any atom is -0.385 e. The lowest BCUT2D eigenvalue weighted by Crippen LogP contribution is -2.13. The maximum Gasteiger partial charge on any atom is 0.0426 e. The molecule has 0 aliphatic carbocycles. The van der Waals surface area contributed by atoms with Crippen LogP contribution in [0.15, 0.2) is 18.2 Å². The minimum atomic E-state index is 0.802. The number of hydrogen-bond acceptors (Lipinski definition) is 2. The van der Waals surface area contributed by atoms with E-state index in [4.69, 9.17) is 11.6 Å². The van der Waals surface area contributed by atoms with Crippen molar-refractivity contribution in [2.24, 2.45) is 5.92 Å². The molecule has 1 aliphatic rings. The Morgan fingerprint density at radius 2 is 2.38 bits per heavy atom. The van der Waals surface area contributed by atoms with Gasteiger partial charge in [0.1, 0.15) is 0 Å². The highest BCUT2D eigenvalue weighted by Crippen LogP contribution is 2.20. The molecule has 0 spiro atoms. The van der Waals surface area contributed by atoms with Crippen LogP contribution in [-0.2, 0) is 0 Å². The van der Waals surface area contributed by atoms with Crippen molar-refractivity contribution in [3.8, 4) is 0 Å². The number of benzene rings is 1. The van der Waals surface area contributed by atoms with E-state index in [2.05, 4.69) is 23.6 Å². The Balaban J connectivity index is 1.82. The summed E-state index contributed by atoms with van der Waals surface area (Å²) in [6.07, 6.45) is 2.55. The molecule has 3 heteroatoms. The van der Waals surface area contributed by atoms with Crippen molar-refractivity contribution in [1.29, 1.82) is 0 Å². The van der Waals surface area contributed by atoms with Crippen LogP contribution in [-0.4, -0.2) is 19.6 Å². The minimum absolute atomic E-state index is 0.802. The van der Waals surface area contributed by atoms with Crippen LogP contribution in [0, 0.1) is 12.8 Å². The van der Waals surface area contributed by atoms with Crippen LogP contribution in [0.1, 0.15) is 18.4 Å². The van der Waals surface area contributed by atoms with E-state index < -0.39 is 0 Å². The number of hydrogen-bond donors (Lipinski definition) is 2. The quantitative estimate of drug-likeness (QED) is 0.843. The lowest BCUT2D eigenvalue weighted by Gasteiger charge is -2.12. The van der Waals surface area contributed by atoms with Gasteiger partial charge in [-0.3, -0.25) is 0 Å². The number of aryl methyl sites for hydroxylation is 1. The zero-order chi connectivity index (χ0) is 11.4. The van der Waals surface area contributed by atoms with Crippen molar-refractivity contribution >= 4 is 17.3 Å². The predicted molar refractivity (Wildman–Crippen MR) is 70.3 cm³/mol.